The number of hydrogen-bond acceptors (Lipinski definition) is 5. The van der Waals surface area contributed by atoms with Crippen LogP contribution in [0.1, 0.15) is 34.6 Å². The maximum absolute atomic E-state index is 12.6. The highest BCUT2D eigenvalue weighted by Gasteiger charge is 2.16. The number of carbonyl (C=O) groups is 2. The van der Waals surface area contributed by atoms with Crippen LogP contribution in [-0.4, -0.2) is 30.6 Å². The van der Waals surface area contributed by atoms with Crippen LogP contribution in [0.15, 0.2) is 45.3 Å². The van der Waals surface area contributed by atoms with Crippen molar-refractivity contribution in [1.29, 1.82) is 0 Å². The molecule has 0 spiro atoms. The molecule has 0 aliphatic rings. The summed E-state index contributed by atoms with van der Waals surface area (Å²) in [6.07, 6.45) is 0. The number of hydrazine groups is 1. The molecule has 0 saturated carbocycles. The fourth-order valence-electron chi connectivity index (χ4n) is 2.26. The first-order valence-corrected chi connectivity index (χ1v) is 10.9. The van der Waals surface area contributed by atoms with Crippen molar-refractivity contribution in [3.05, 3.63) is 56.5 Å². The molecule has 0 bridgehead atoms. The third kappa shape index (κ3) is 6.96. The molecular formula is C20H21Br2N3O4S. The number of halogens is 2. The van der Waals surface area contributed by atoms with E-state index in [9.17, 15) is 9.59 Å². The molecular weight excluding hydrogens is 538 g/mol. The first-order chi connectivity index (χ1) is 14.2. The smallest absolute Gasteiger partial charge is 0.269 e. The number of hydrogen-bond donors (Lipinski definition) is 3. The van der Waals surface area contributed by atoms with Crippen LogP contribution in [0.25, 0.3) is 0 Å². The Balaban J connectivity index is 1.98. The first kappa shape index (κ1) is 24.1. The molecule has 3 N–H and O–H groups in total. The minimum Gasteiger partial charge on any atom is -0.496 e. The van der Waals surface area contributed by atoms with Gasteiger partial charge in [0.15, 0.2) is 5.11 Å². The summed E-state index contributed by atoms with van der Waals surface area (Å²) in [5, 5.41) is 2.46. The number of rotatable bonds is 6. The third-order valence-corrected chi connectivity index (χ3v) is 5.01. The molecule has 2 rings (SSSR count). The minimum atomic E-state index is -0.464. The van der Waals surface area contributed by atoms with Gasteiger partial charge < -0.3 is 9.47 Å². The molecule has 0 aliphatic carbocycles. The van der Waals surface area contributed by atoms with Gasteiger partial charge in [-0.3, -0.25) is 25.8 Å². The average Bonchev–Trinajstić information content (AvgIpc) is 2.70. The second-order valence-electron chi connectivity index (χ2n) is 6.56. The maximum atomic E-state index is 12.6. The highest BCUT2D eigenvalue weighted by Crippen LogP contribution is 2.25. The third-order valence-electron chi connectivity index (χ3n) is 3.69. The summed E-state index contributed by atoms with van der Waals surface area (Å²) < 4.78 is 12.2. The van der Waals surface area contributed by atoms with Gasteiger partial charge in [0.25, 0.3) is 11.8 Å². The molecule has 10 heteroatoms. The van der Waals surface area contributed by atoms with Crippen molar-refractivity contribution in [2.45, 2.75) is 13.8 Å². The van der Waals surface area contributed by atoms with Crippen molar-refractivity contribution in [3.63, 3.8) is 0 Å². The van der Waals surface area contributed by atoms with Gasteiger partial charge in [0.2, 0.25) is 0 Å². The van der Waals surface area contributed by atoms with Crippen LogP contribution < -0.4 is 25.6 Å². The van der Waals surface area contributed by atoms with Gasteiger partial charge in [0.05, 0.1) is 23.8 Å². The Hall–Kier alpha value is -2.17. The van der Waals surface area contributed by atoms with Crippen LogP contribution >= 0.6 is 44.1 Å². The molecule has 160 valence electrons. The second-order valence-corrected chi connectivity index (χ2v) is 8.74. The summed E-state index contributed by atoms with van der Waals surface area (Å²) in [7, 11) is 1.53. The fourth-order valence-corrected chi connectivity index (χ4v) is 3.30. The van der Waals surface area contributed by atoms with Crippen molar-refractivity contribution in [2.24, 2.45) is 5.92 Å². The highest BCUT2D eigenvalue weighted by atomic mass is 79.9. The number of amides is 2. The van der Waals surface area contributed by atoms with E-state index < -0.39 is 11.8 Å². The molecule has 2 aromatic carbocycles. The lowest BCUT2D eigenvalue weighted by molar-refractivity contribution is 0.0933. The lowest BCUT2D eigenvalue weighted by atomic mass is 10.2. The predicted molar refractivity (Wildman–Crippen MR) is 126 cm³/mol. The quantitative estimate of drug-likeness (QED) is 0.364. The summed E-state index contributed by atoms with van der Waals surface area (Å²) in [5.41, 5.74) is 5.65. The van der Waals surface area contributed by atoms with Gasteiger partial charge in [-0.15, -0.1) is 0 Å². The Kier molecular flexibility index (Phi) is 9.07. The van der Waals surface area contributed by atoms with E-state index in [1.54, 1.807) is 36.4 Å². The minimum absolute atomic E-state index is 0.0595. The number of carbonyl (C=O) groups excluding carboxylic acids is 2. The highest BCUT2D eigenvalue weighted by molar-refractivity contribution is 9.10. The summed E-state index contributed by atoms with van der Waals surface area (Å²) >= 11 is 11.8. The fraction of sp³-hybridized carbons (Fsp3) is 0.250. The SMILES string of the molecule is COc1ccc(C(=O)NNC(=S)NC(=O)c2cc(Br)ccc2OCC(C)C)cc1Br. The van der Waals surface area contributed by atoms with Crippen LogP contribution in [0.3, 0.4) is 0 Å². The van der Waals surface area contributed by atoms with Crippen molar-refractivity contribution in [1.82, 2.24) is 16.2 Å². The molecule has 2 amide bonds. The van der Waals surface area contributed by atoms with Gasteiger partial charge >= 0.3 is 0 Å². The number of benzene rings is 2. The van der Waals surface area contributed by atoms with Crippen molar-refractivity contribution < 1.29 is 19.1 Å². The van der Waals surface area contributed by atoms with Gasteiger partial charge in [0, 0.05) is 10.0 Å². The van der Waals surface area contributed by atoms with Crippen LogP contribution in [0.4, 0.5) is 0 Å². The number of ether oxygens (including phenoxy) is 2. The van der Waals surface area contributed by atoms with Gasteiger partial charge in [0.1, 0.15) is 11.5 Å². The predicted octanol–water partition coefficient (Wildman–Crippen LogP) is 4.20. The standard InChI is InChI=1S/C20H21Br2N3O4S/c1-11(2)10-29-16-7-5-13(21)9-14(16)19(27)23-20(30)25-24-18(26)12-4-6-17(28-3)15(22)8-12/h4-9,11H,10H2,1-3H3,(H,24,26)(H2,23,25,27,30). The van der Waals surface area contributed by atoms with E-state index in [2.05, 4.69) is 48.0 Å². The normalized spacial score (nSPS) is 10.3. The van der Waals surface area contributed by atoms with Gasteiger partial charge in [-0.05, 0) is 70.5 Å². The summed E-state index contributed by atoms with van der Waals surface area (Å²) in [5.74, 6) is 0.457. The Morgan fingerprint density at radius 1 is 1.03 bits per heavy atom. The van der Waals surface area contributed by atoms with Crippen molar-refractivity contribution >= 4 is 61.0 Å². The Labute approximate surface area is 197 Å². The van der Waals surface area contributed by atoms with E-state index in [-0.39, 0.29) is 5.11 Å². The van der Waals surface area contributed by atoms with Crippen LogP contribution in [0, 0.1) is 5.92 Å². The molecule has 0 atom stereocenters. The molecule has 30 heavy (non-hydrogen) atoms. The van der Waals surface area contributed by atoms with Gasteiger partial charge in [-0.25, -0.2) is 0 Å². The molecule has 0 radical (unpaired) electrons. The van der Waals surface area contributed by atoms with Gasteiger partial charge in [-0.2, -0.15) is 0 Å². The number of thiocarbonyl (C=S) groups is 1. The monoisotopic (exact) mass is 557 g/mol. The molecule has 0 aromatic heterocycles. The van der Waals surface area contributed by atoms with Crippen molar-refractivity contribution in [3.8, 4) is 11.5 Å². The zero-order valence-electron chi connectivity index (χ0n) is 16.5. The lowest BCUT2D eigenvalue weighted by Crippen LogP contribution is -2.48. The van der Waals surface area contributed by atoms with Crippen LogP contribution in [0.5, 0.6) is 11.5 Å². The molecule has 7 nitrogen and oxygen atoms in total. The zero-order valence-corrected chi connectivity index (χ0v) is 20.5. The number of nitrogens with one attached hydrogen (secondary N) is 3. The molecule has 0 saturated heterocycles. The molecule has 0 unspecified atom stereocenters. The van der Waals surface area contributed by atoms with Crippen molar-refractivity contribution in [2.75, 3.05) is 13.7 Å². The molecule has 0 aliphatic heterocycles. The molecule has 2 aromatic rings. The van der Waals surface area contributed by atoms with Crippen LogP contribution in [-0.2, 0) is 0 Å². The van der Waals surface area contributed by atoms with E-state index in [0.29, 0.717) is 39.6 Å². The van der Waals surface area contributed by atoms with E-state index in [1.165, 1.54) is 7.11 Å². The van der Waals surface area contributed by atoms with Gasteiger partial charge in [-0.1, -0.05) is 29.8 Å². The maximum Gasteiger partial charge on any atom is 0.269 e. The largest absolute Gasteiger partial charge is 0.496 e. The molecule has 0 heterocycles. The van der Waals surface area contributed by atoms with E-state index >= 15 is 0 Å². The average molecular weight is 559 g/mol. The Bertz CT molecular complexity index is 954. The lowest BCUT2D eigenvalue weighted by Gasteiger charge is -2.15. The van der Waals surface area contributed by atoms with E-state index in [1.807, 2.05) is 13.8 Å². The van der Waals surface area contributed by atoms with E-state index in [4.69, 9.17) is 21.7 Å². The Morgan fingerprint density at radius 3 is 2.37 bits per heavy atom. The van der Waals surface area contributed by atoms with Crippen LogP contribution in [0.2, 0.25) is 0 Å². The Morgan fingerprint density at radius 2 is 1.73 bits per heavy atom. The first-order valence-electron chi connectivity index (χ1n) is 8.88. The summed E-state index contributed by atoms with van der Waals surface area (Å²) in [6, 6.07) is 10.0. The zero-order chi connectivity index (χ0) is 22.3. The topological polar surface area (TPSA) is 88.7 Å². The second kappa shape index (κ2) is 11.3. The van der Waals surface area contributed by atoms with E-state index in [0.717, 1.165) is 4.47 Å². The summed E-state index contributed by atoms with van der Waals surface area (Å²) in [6.45, 7) is 4.50. The number of methoxy groups -OCH3 is 1. The summed E-state index contributed by atoms with van der Waals surface area (Å²) in [4.78, 5) is 24.9. The molecule has 0 fully saturated rings.